The maximum atomic E-state index is 12.2. The second-order valence-electron chi connectivity index (χ2n) is 6.09. The van der Waals surface area contributed by atoms with E-state index in [2.05, 4.69) is 10.6 Å². The average molecular weight is 303 g/mol. The molecule has 5 heteroatoms. The predicted molar refractivity (Wildman–Crippen MR) is 86.3 cm³/mol. The van der Waals surface area contributed by atoms with Gasteiger partial charge in [-0.3, -0.25) is 4.79 Å². The maximum absolute atomic E-state index is 12.2. The molecular weight excluding hydrogens is 278 g/mol. The van der Waals surface area contributed by atoms with E-state index in [1.165, 1.54) is 0 Å². The van der Waals surface area contributed by atoms with Gasteiger partial charge in [0.1, 0.15) is 0 Å². The summed E-state index contributed by atoms with van der Waals surface area (Å²) in [5.41, 5.74) is 1.07. The molecule has 1 atom stereocenters. The van der Waals surface area contributed by atoms with Crippen LogP contribution >= 0.6 is 0 Å². The summed E-state index contributed by atoms with van der Waals surface area (Å²) in [4.78, 5) is 26.1. The highest BCUT2D eigenvalue weighted by atomic mass is 16.2. The molecule has 1 fully saturated rings. The van der Waals surface area contributed by atoms with Gasteiger partial charge in [0.25, 0.3) is 0 Å². The van der Waals surface area contributed by atoms with Gasteiger partial charge >= 0.3 is 6.03 Å². The van der Waals surface area contributed by atoms with Crippen LogP contribution in [0.3, 0.4) is 0 Å². The Morgan fingerprint density at radius 2 is 2.00 bits per heavy atom. The van der Waals surface area contributed by atoms with E-state index >= 15 is 0 Å². The summed E-state index contributed by atoms with van der Waals surface area (Å²) in [5.74, 6) is -0.0471. The van der Waals surface area contributed by atoms with E-state index in [4.69, 9.17) is 0 Å². The normalized spacial score (nSPS) is 18.1. The second-order valence-corrected chi connectivity index (χ2v) is 6.09. The molecule has 1 heterocycles. The van der Waals surface area contributed by atoms with E-state index in [0.29, 0.717) is 19.6 Å². The number of carbonyl (C=O) groups excluding carboxylic acids is 2. The summed E-state index contributed by atoms with van der Waals surface area (Å²) in [6.07, 6.45) is 1.72. The van der Waals surface area contributed by atoms with Crippen molar-refractivity contribution in [1.82, 2.24) is 15.5 Å². The van der Waals surface area contributed by atoms with Crippen molar-refractivity contribution >= 4 is 11.9 Å². The molecule has 0 saturated carbocycles. The molecule has 120 valence electrons. The van der Waals surface area contributed by atoms with Crippen LogP contribution in [-0.4, -0.2) is 36.0 Å². The lowest BCUT2D eigenvalue weighted by Gasteiger charge is -2.32. The number of amides is 3. The van der Waals surface area contributed by atoms with Gasteiger partial charge in [-0.2, -0.15) is 0 Å². The first-order chi connectivity index (χ1) is 10.6. The minimum Gasteiger partial charge on any atom is -0.354 e. The van der Waals surface area contributed by atoms with Gasteiger partial charge in [0.2, 0.25) is 5.91 Å². The first kappa shape index (κ1) is 16.3. The molecule has 0 radical (unpaired) electrons. The summed E-state index contributed by atoms with van der Waals surface area (Å²) in [7, 11) is 0. The van der Waals surface area contributed by atoms with Crippen LogP contribution in [0.2, 0.25) is 0 Å². The number of piperidine rings is 1. The van der Waals surface area contributed by atoms with Crippen molar-refractivity contribution in [2.45, 2.75) is 39.3 Å². The van der Waals surface area contributed by atoms with Gasteiger partial charge in [-0.1, -0.05) is 30.3 Å². The fourth-order valence-corrected chi connectivity index (χ4v) is 2.66. The van der Waals surface area contributed by atoms with Crippen LogP contribution in [0.4, 0.5) is 4.79 Å². The number of likely N-dealkylation sites (tertiary alicyclic amines) is 1. The van der Waals surface area contributed by atoms with Crippen molar-refractivity contribution in [2.75, 3.05) is 13.1 Å². The SMILES string of the molecule is CC(C)NC(=O)C1CCCN(C(=O)NCc2ccccc2)C1. The number of carbonyl (C=O) groups is 2. The Labute approximate surface area is 132 Å². The number of urea groups is 1. The lowest BCUT2D eigenvalue weighted by Crippen LogP contribution is -2.49. The van der Waals surface area contributed by atoms with E-state index in [-0.39, 0.29) is 23.9 Å². The molecule has 2 rings (SSSR count). The molecule has 3 amide bonds. The van der Waals surface area contributed by atoms with Gasteiger partial charge in [-0.25, -0.2) is 4.79 Å². The number of nitrogens with zero attached hydrogens (tertiary/aromatic N) is 1. The zero-order valence-electron chi connectivity index (χ0n) is 13.3. The molecule has 0 spiro atoms. The summed E-state index contributed by atoms with van der Waals surface area (Å²) in [6.45, 7) is 5.63. The lowest BCUT2D eigenvalue weighted by molar-refractivity contribution is -0.126. The van der Waals surface area contributed by atoms with Crippen LogP contribution in [0.5, 0.6) is 0 Å². The van der Waals surface area contributed by atoms with Gasteiger partial charge in [0.05, 0.1) is 5.92 Å². The molecule has 0 aliphatic carbocycles. The van der Waals surface area contributed by atoms with Crippen LogP contribution in [0.1, 0.15) is 32.3 Å². The number of hydrogen-bond acceptors (Lipinski definition) is 2. The van der Waals surface area contributed by atoms with Crippen molar-refractivity contribution in [1.29, 1.82) is 0 Å². The number of rotatable bonds is 4. The van der Waals surface area contributed by atoms with E-state index < -0.39 is 0 Å². The van der Waals surface area contributed by atoms with E-state index in [9.17, 15) is 9.59 Å². The monoisotopic (exact) mass is 303 g/mol. The highest BCUT2D eigenvalue weighted by Gasteiger charge is 2.28. The molecule has 1 aromatic rings. The zero-order valence-corrected chi connectivity index (χ0v) is 13.3. The van der Waals surface area contributed by atoms with Crippen molar-refractivity contribution in [2.24, 2.45) is 5.92 Å². The summed E-state index contributed by atoms with van der Waals surface area (Å²) < 4.78 is 0. The minimum absolute atomic E-state index is 0.0514. The largest absolute Gasteiger partial charge is 0.354 e. The molecule has 0 bridgehead atoms. The molecule has 1 aliphatic rings. The zero-order chi connectivity index (χ0) is 15.9. The number of hydrogen-bond donors (Lipinski definition) is 2. The van der Waals surface area contributed by atoms with E-state index in [1.807, 2.05) is 44.2 Å². The van der Waals surface area contributed by atoms with Crippen molar-refractivity contribution in [3.8, 4) is 0 Å². The highest BCUT2D eigenvalue weighted by molar-refractivity contribution is 5.81. The molecule has 22 heavy (non-hydrogen) atoms. The fourth-order valence-electron chi connectivity index (χ4n) is 2.66. The van der Waals surface area contributed by atoms with Gasteiger partial charge < -0.3 is 15.5 Å². The molecular formula is C17H25N3O2. The number of nitrogens with one attached hydrogen (secondary N) is 2. The first-order valence-corrected chi connectivity index (χ1v) is 7.93. The van der Waals surface area contributed by atoms with Gasteiger partial charge in [0.15, 0.2) is 0 Å². The third-order valence-electron chi connectivity index (χ3n) is 3.80. The molecule has 2 N–H and O–H groups in total. The Morgan fingerprint density at radius 1 is 1.27 bits per heavy atom. The Morgan fingerprint density at radius 3 is 2.68 bits per heavy atom. The molecule has 5 nitrogen and oxygen atoms in total. The molecule has 1 aromatic carbocycles. The Kier molecular flexibility index (Phi) is 5.81. The van der Waals surface area contributed by atoms with Crippen LogP contribution in [0, 0.1) is 5.92 Å². The van der Waals surface area contributed by atoms with Crippen molar-refractivity contribution in [3.05, 3.63) is 35.9 Å². The third kappa shape index (κ3) is 4.76. The summed E-state index contributed by atoms with van der Waals surface area (Å²) in [6, 6.07) is 9.86. The fraction of sp³-hybridized carbons (Fsp3) is 0.529. The molecule has 0 aromatic heterocycles. The Bertz CT molecular complexity index is 502. The Hall–Kier alpha value is -2.04. The highest BCUT2D eigenvalue weighted by Crippen LogP contribution is 2.17. The summed E-state index contributed by atoms with van der Waals surface area (Å²) in [5, 5.41) is 5.86. The molecule has 1 unspecified atom stereocenters. The summed E-state index contributed by atoms with van der Waals surface area (Å²) >= 11 is 0. The topological polar surface area (TPSA) is 61.4 Å². The van der Waals surface area contributed by atoms with E-state index in [1.54, 1.807) is 4.90 Å². The van der Waals surface area contributed by atoms with Gasteiger partial charge in [-0.15, -0.1) is 0 Å². The molecule has 1 aliphatic heterocycles. The minimum atomic E-state index is -0.0985. The standard InChI is InChI=1S/C17H25N3O2/c1-13(2)19-16(21)15-9-6-10-20(12-15)17(22)18-11-14-7-4-3-5-8-14/h3-5,7-8,13,15H,6,9-12H2,1-2H3,(H,18,22)(H,19,21). The van der Waals surface area contributed by atoms with Crippen LogP contribution in [0.25, 0.3) is 0 Å². The molecule has 1 saturated heterocycles. The van der Waals surface area contributed by atoms with Gasteiger partial charge in [0, 0.05) is 25.7 Å². The average Bonchev–Trinajstić information content (AvgIpc) is 2.53. The smallest absolute Gasteiger partial charge is 0.317 e. The quantitative estimate of drug-likeness (QED) is 0.895. The second kappa shape index (κ2) is 7.82. The van der Waals surface area contributed by atoms with E-state index in [0.717, 1.165) is 18.4 Å². The maximum Gasteiger partial charge on any atom is 0.317 e. The van der Waals surface area contributed by atoms with Crippen LogP contribution in [-0.2, 0) is 11.3 Å². The first-order valence-electron chi connectivity index (χ1n) is 7.93. The predicted octanol–water partition coefficient (Wildman–Crippen LogP) is 2.13. The lowest BCUT2D eigenvalue weighted by atomic mass is 9.97. The van der Waals surface area contributed by atoms with Crippen LogP contribution in [0.15, 0.2) is 30.3 Å². The van der Waals surface area contributed by atoms with Crippen molar-refractivity contribution < 1.29 is 9.59 Å². The van der Waals surface area contributed by atoms with Crippen LogP contribution < -0.4 is 10.6 Å². The van der Waals surface area contributed by atoms with Crippen molar-refractivity contribution in [3.63, 3.8) is 0 Å². The Balaban J connectivity index is 1.83. The third-order valence-corrected chi connectivity index (χ3v) is 3.80. The van der Waals surface area contributed by atoms with Gasteiger partial charge in [-0.05, 0) is 32.3 Å². The number of benzene rings is 1.